The summed E-state index contributed by atoms with van der Waals surface area (Å²) in [6.07, 6.45) is -18.4. The number of hydrogen-bond donors (Lipinski definition) is 12. The summed E-state index contributed by atoms with van der Waals surface area (Å²) in [7, 11) is -21.3. The zero-order chi connectivity index (χ0) is 63.7. The number of aromatic amines is 5. The van der Waals surface area contributed by atoms with Crippen LogP contribution >= 0.6 is 31.3 Å². The van der Waals surface area contributed by atoms with Gasteiger partial charge in [0.1, 0.15) is 61.0 Å². The molecular weight excluding hydrogens is 1300 g/mol. The second-order valence-electron chi connectivity index (χ2n) is 20.9. The van der Waals surface area contributed by atoms with Crippen molar-refractivity contribution in [3.8, 4) is 0 Å². The Morgan fingerprint density at radius 2 is 0.967 bits per heavy atom. The molecule has 0 aromatic carbocycles. The Labute approximate surface area is 498 Å². The van der Waals surface area contributed by atoms with E-state index in [4.69, 9.17) is 72.3 Å². The smallest absolute Gasteiger partial charge is 0.313 e. The number of imidazole rings is 4. The van der Waals surface area contributed by atoms with E-state index in [1.807, 2.05) is 0 Å². The number of aromatic nitrogens is 14. The number of nitrogens with two attached hydrogens (primary N) is 3. The molecule has 44 nitrogen and oxygen atoms in total. The van der Waals surface area contributed by atoms with E-state index in [-0.39, 0.29) is 57.9 Å². The van der Waals surface area contributed by atoms with Gasteiger partial charge in [-0.05, 0) is 6.92 Å². The van der Waals surface area contributed by atoms with Crippen LogP contribution in [-0.4, -0.2) is 182 Å². The number of ether oxygens (including phenoxy) is 4. The maximum atomic E-state index is 13.1. The number of aliphatic imine (C=N–C) groups is 1. The van der Waals surface area contributed by atoms with Crippen LogP contribution in [0.3, 0.4) is 0 Å². The third kappa shape index (κ3) is 11.6. The summed E-state index contributed by atoms with van der Waals surface area (Å²) in [5, 5.41) is 44.2. The molecule has 15 N–H and O–H groups in total. The number of phosphoric ester groups is 4. The highest BCUT2D eigenvalue weighted by Gasteiger charge is 2.56. The van der Waals surface area contributed by atoms with E-state index in [1.165, 1.54) is 45.3 Å². The van der Waals surface area contributed by atoms with E-state index < -0.39 is 167 Å². The molecule has 7 aromatic heterocycles. The average molecular weight is 1350 g/mol. The van der Waals surface area contributed by atoms with E-state index in [0.29, 0.717) is 16.9 Å². The summed E-state index contributed by atoms with van der Waals surface area (Å²) in [5.74, 6) is -0.675. The number of carbonyl (C=O) groups excluding carboxylic acids is 1. The molecule has 0 aliphatic carbocycles. The predicted molar refractivity (Wildman–Crippen MR) is 273 cm³/mol. The molecule has 4 bridgehead atoms. The summed E-state index contributed by atoms with van der Waals surface area (Å²) in [6.45, 7) is -1.82. The molecule has 0 radical (unpaired) electrons. The molecule has 484 valence electrons. The van der Waals surface area contributed by atoms with E-state index in [1.54, 1.807) is 6.92 Å². The maximum absolute atomic E-state index is 13.1. The maximum Gasteiger partial charge on any atom is 0.313 e. The number of phosphoric acid groups is 4. The summed E-state index contributed by atoms with van der Waals surface area (Å²) in [4.78, 5) is 115. The first kappa shape index (κ1) is 62.3. The lowest BCUT2D eigenvalue weighted by molar-refractivity contribution is -0.753. The molecule has 20 atom stereocenters. The SMILES string of the molecule is Cc1ncnc2c1[nH]c[n+]2[C@@H]1O[C@@H]2COP(=O)([O-])O[C@@H]3[C@H](O)[C@@H](COP(=O)([O-])O[C@H]2[C@H]1O)O[C@H]3[n+]1c[nH]c2c1N=C(N)CC2=O.Nc1nc2c([nH]c[n+]2[C@@H]2O[C@@H]3COP(=O)([O-])OC4[C@@H](COP(=O)([O-])OC2[C@H]3O)O[C@@H]([n+]2c[nH]c3c(N)ncnc32)[C@H]4O)c(=O)[nH]1. The van der Waals surface area contributed by atoms with Crippen LogP contribution < -0.4 is 60.6 Å². The number of fused-ring (bicyclic) bond motifs is 10. The normalized spacial score (nSPS) is 38.4. The van der Waals surface area contributed by atoms with Crippen molar-refractivity contribution in [1.82, 2.24) is 49.8 Å². The van der Waals surface area contributed by atoms with Crippen LogP contribution in [0, 0.1) is 6.92 Å². The van der Waals surface area contributed by atoms with Gasteiger partial charge in [0.2, 0.25) is 47.4 Å². The summed E-state index contributed by atoms with van der Waals surface area (Å²) >= 11 is 0. The van der Waals surface area contributed by atoms with E-state index >= 15 is 0 Å². The van der Waals surface area contributed by atoms with E-state index in [2.05, 4.69) is 54.8 Å². The van der Waals surface area contributed by atoms with Crippen molar-refractivity contribution in [2.75, 3.05) is 37.9 Å². The van der Waals surface area contributed by atoms with Gasteiger partial charge in [0.15, 0.2) is 67.3 Å². The Balaban J connectivity index is 0.000000165. The molecule has 6 unspecified atom stereocenters. The number of aliphatic hydroxyl groups excluding tert-OH is 4. The minimum Gasteiger partial charge on any atom is -0.756 e. The first-order chi connectivity index (χ1) is 42.6. The minimum atomic E-state index is -5.36. The fraction of sp³-hybridized carbons (Fsp3) is 0.524. The number of nitrogens with one attached hydrogen (secondary N) is 5. The molecular formula is C42H50N18O26P4. The third-order valence-electron chi connectivity index (χ3n) is 15.2. The molecule has 7 aliphatic rings. The molecule has 0 spiro atoms. The van der Waals surface area contributed by atoms with Crippen molar-refractivity contribution < 1.29 is 136 Å². The highest BCUT2D eigenvalue weighted by Crippen LogP contribution is 2.52. The number of carbonyl (C=O) groups is 1. The number of aliphatic hydroxyl groups is 4. The number of ketones is 1. The fourth-order valence-corrected chi connectivity index (χ4v) is 14.8. The van der Waals surface area contributed by atoms with Gasteiger partial charge in [-0.2, -0.15) is 4.98 Å². The predicted octanol–water partition coefficient (Wildman–Crippen LogP) is -8.05. The van der Waals surface area contributed by atoms with Gasteiger partial charge in [-0.1, -0.05) is 19.9 Å². The Bertz CT molecular complexity index is 4260. The van der Waals surface area contributed by atoms with Crippen molar-refractivity contribution in [3.63, 3.8) is 0 Å². The third-order valence-corrected chi connectivity index (χ3v) is 19.1. The highest BCUT2D eigenvalue weighted by atomic mass is 31.2. The first-order valence-electron chi connectivity index (χ1n) is 26.5. The Morgan fingerprint density at radius 1 is 0.533 bits per heavy atom. The molecule has 6 saturated heterocycles. The van der Waals surface area contributed by atoms with Crippen molar-refractivity contribution in [2.24, 2.45) is 10.7 Å². The monoisotopic (exact) mass is 1350 g/mol. The molecule has 0 saturated carbocycles. The van der Waals surface area contributed by atoms with Gasteiger partial charge >= 0.3 is 22.8 Å². The number of anilines is 2. The molecule has 6 fully saturated rings. The lowest BCUT2D eigenvalue weighted by Crippen LogP contribution is -2.47. The summed E-state index contributed by atoms with van der Waals surface area (Å²) in [6, 6.07) is 0. The molecule has 48 heteroatoms. The van der Waals surface area contributed by atoms with Crippen LogP contribution in [-0.2, 0) is 73.4 Å². The van der Waals surface area contributed by atoms with Gasteiger partial charge in [-0.3, -0.25) is 52.8 Å². The number of nitrogens with zero attached hydrogens (tertiary/aromatic N) is 10. The molecule has 14 heterocycles. The van der Waals surface area contributed by atoms with E-state index in [0.717, 1.165) is 10.9 Å². The van der Waals surface area contributed by atoms with E-state index in [9.17, 15) is 67.8 Å². The lowest BCUT2D eigenvalue weighted by atomic mass is 10.1. The molecule has 90 heavy (non-hydrogen) atoms. The minimum absolute atomic E-state index is 0.0267. The van der Waals surface area contributed by atoms with Crippen molar-refractivity contribution in [2.45, 2.75) is 112 Å². The molecule has 7 aromatic rings. The van der Waals surface area contributed by atoms with Crippen LogP contribution in [0.15, 0.2) is 47.8 Å². The van der Waals surface area contributed by atoms with Crippen molar-refractivity contribution >= 4 is 94.0 Å². The number of nitrogen functional groups attached to an aromatic ring is 2. The number of Topliss-reactive ketones (excluding diaryl/α,β-unsaturated/α-hetero) is 1. The fourth-order valence-electron chi connectivity index (χ4n) is 11.0. The van der Waals surface area contributed by atoms with Crippen LogP contribution in [0.4, 0.5) is 17.6 Å². The Morgan fingerprint density at radius 3 is 1.51 bits per heavy atom. The van der Waals surface area contributed by atoms with Gasteiger partial charge in [0, 0.05) is 0 Å². The quantitative estimate of drug-likeness (QED) is 0.0575. The second kappa shape index (κ2) is 23.3. The average Bonchev–Trinajstić information content (AvgIpc) is 2.12. The Hall–Kier alpha value is -6.48. The topological polar surface area (TPSA) is 636 Å². The summed E-state index contributed by atoms with van der Waals surface area (Å²) in [5.41, 5.74) is 18.3. The number of rotatable bonds is 4. The van der Waals surface area contributed by atoms with Gasteiger partial charge in [0.25, 0.3) is 42.8 Å². The largest absolute Gasteiger partial charge is 0.756 e. The summed E-state index contributed by atoms with van der Waals surface area (Å²) < 4.78 is 121. The van der Waals surface area contributed by atoms with Gasteiger partial charge in [-0.25, -0.2) is 23.3 Å². The number of amidine groups is 1. The van der Waals surface area contributed by atoms with Crippen LogP contribution in [0.25, 0.3) is 33.5 Å². The zero-order valence-corrected chi connectivity index (χ0v) is 49.1. The van der Waals surface area contributed by atoms with Gasteiger partial charge in [-0.15, -0.1) is 0 Å². The van der Waals surface area contributed by atoms with Crippen LogP contribution in [0.1, 0.15) is 47.5 Å². The zero-order valence-electron chi connectivity index (χ0n) is 45.5. The number of H-pyrrole nitrogens is 5. The number of hydrogen-bond acceptors (Lipinski definition) is 35. The van der Waals surface area contributed by atoms with Crippen molar-refractivity contribution in [3.05, 3.63) is 59.7 Å². The lowest BCUT2D eigenvalue weighted by Gasteiger charge is -2.31. The molecule has 14 rings (SSSR count). The second-order valence-corrected chi connectivity index (χ2v) is 26.3. The standard InChI is InChI=1S/C22H26N8O13P2.C20H24N10O13P2/c1-8-13-19(25-5-24-8)29(6-26-13)21-16(33)17-11(41-21)4-39-45(36,37)43-18-15(32)10(3-38-44(34,35)42-17)40-22(18)30-7-27-14-9(31)2-12(23)28-20(14)30;21-14-8-15(24-3-23-14)29(4-25-8)18-11(32)12-7(41-18)2-39-45(36,37)43-13-10(31)6(1-38-44(34,35)42-12)40-19(13)30-5-26-9-16(30)27-20(22)28-17(9)33/h5-7,10-11,15-18,21-22,32-33H,2-4H2,1H3,(H4,23,28,31,34,35,36,37);3-7,10-13,18-19,31-32H,1-2H2,(H7,21,22,23,24,27,28,33,34,35,36,37)/t10-,11-,15-,16-,17-,18-,21-,22-;6-,7-,10+,11+,12?,13?,18-,19-/m11/s1. The van der Waals surface area contributed by atoms with Crippen LogP contribution in [0.5, 0.6) is 0 Å². The van der Waals surface area contributed by atoms with Gasteiger partial charge in [0.05, 0.1) is 38.5 Å². The molecule has 7 aliphatic heterocycles. The molecule has 0 amide bonds. The van der Waals surface area contributed by atoms with Crippen molar-refractivity contribution in [1.29, 1.82) is 0 Å². The van der Waals surface area contributed by atoms with Crippen LogP contribution in [0.2, 0.25) is 0 Å². The number of aryl methyl sites for hydroxylation is 1. The van der Waals surface area contributed by atoms with Gasteiger partial charge < -0.3 is 112 Å². The first-order valence-corrected chi connectivity index (χ1v) is 32.3. The Kier molecular flexibility index (Phi) is 16.1. The highest BCUT2D eigenvalue weighted by molar-refractivity contribution is 7.46.